The Kier molecular flexibility index (Phi) is 4.84. The molecule has 88 valence electrons. The van der Waals surface area contributed by atoms with Crippen LogP contribution in [0.5, 0.6) is 0 Å². The van der Waals surface area contributed by atoms with E-state index < -0.39 is 12.0 Å². The first-order valence-electron chi connectivity index (χ1n) is 4.57. The molecule has 0 aliphatic heterocycles. The summed E-state index contributed by atoms with van der Waals surface area (Å²) >= 11 is 3.09. The first-order valence-corrected chi connectivity index (χ1v) is 5.37. The zero-order valence-electron chi connectivity index (χ0n) is 8.58. The number of furan rings is 1. The summed E-state index contributed by atoms with van der Waals surface area (Å²) in [5.41, 5.74) is 0. The minimum Gasteiger partial charge on any atom is -0.465 e. The number of carbonyl (C=O) groups is 2. The molecule has 0 aliphatic carbocycles. The van der Waals surface area contributed by atoms with Gasteiger partial charge in [0.25, 0.3) is 0 Å². The maximum atomic E-state index is 11.2. The number of anilines is 1. The van der Waals surface area contributed by atoms with E-state index in [1.807, 2.05) is 0 Å². The number of hydrogen-bond donors (Lipinski definition) is 2. The van der Waals surface area contributed by atoms with Crippen molar-refractivity contribution in [3.63, 3.8) is 0 Å². The van der Waals surface area contributed by atoms with Crippen molar-refractivity contribution in [2.45, 2.75) is 6.92 Å². The average molecular weight is 291 g/mol. The second-order valence-corrected chi connectivity index (χ2v) is 3.50. The third-order valence-corrected chi connectivity index (χ3v) is 1.93. The fraction of sp³-hybridized carbons (Fsp3) is 0.333. The highest BCUT2D eigenvalue weighted by Crippen LogP contribution is 2.17. The van der Waals surface area contributed by atoms with E-state index in [1.54, 1.807) is 19.1 Å². The van der Waals surface area contributed by atoms with Crippen LogP contribution in [0.4, 0.5) is 10.7 Å². The average Bonchev–Trinajstić information content (AvgIpc) is 2.61. The van der Waals surface area contributed by atoms with Gasteiger partial charge in [-0.3, -0.25) is 10.1 Å². The molecule has 1 aromatic heterocycles. The zero-order chi connectivity index (χ0) is 12.0. The summed E-state index contributed by atoms with van der Waals surface area (Å²) in [6, 6.07) is 2.68. The third kappa shape index (κ3) is 4.35. The highest BCUT2D eigenvalue weighted by molar-refractivity contribution is 9.10. The van der Waals surface area contributed by atoms with Gasteiger partial charge in [0, 0.05) is 6.07 Å². The van der Waals surface area contributed by atoms with Crippen LogP contribution in [0.1, 0.15) is 6.92 Å². The summed E-state index contributed by atoms with van der Waals surface area (Å²) in [7, 11) is 0. The highest BCUT2D eigenvalue weighted by atomic mass is 79.9. The molecule has 1 aromatic rings. The van der Waals surface area contributed by atoms with E-state index in [0.717, 1.165) is 0 Å². The lowest BCUT2D eigenvalue weighted by Gasteiger charge is -2.04. The third-order valence-electron chi connectivity index (χ3n) is 1.51. The fourth-order valence-corrected chi connectivity index (χ4v) is 1.21. The number of carbonyl (C=O) groups excluding carboxylic acids is 2. The predicted molar refractivity (Wildman–Crippen MR) is 60.1 cm³/mol. The minimum absolute atomic E-state index is 0.179. The van der Waals surface area contributed by atoms with Crippen LogP contribution in [0, 0.1) is 0 Å². The number of nitrogens with one attached hydrogen (secondary N) is 2. The van der Waals surface area contributed by atoms with E-state index in [9.17, 15) is 9.59 Å². The van der Waals surface area contributed by atoms with Gasteiger partial charge in [-0.05, 0) is 28.9 Å². The van der Waals surface area contributed by atoms with E-state index in [2.05, 4.69) is 31.3 Å². The Labute approximate surface area is 100 Å². The maximum Gasteiger partial charge on any atom is 0.325 e. The van der Waals surface area contributed by atoms with Crippen molar-refractivity contribution in [2.75, 3.05) is 18.5 Å². The van der Waals surface area contributed by atoms with Crippen molar-refractivity contribution in [3.8, 4) is 0 Å². The van der Waals surface area contributed by atoms with Gasteiger partial charge in [-0.1, -0.05) is 0 Å². The van der Waals surface area contributed by atoms with Gasteiger partial charge in [-0.15, -0.1) is 0 Å². The van der Waals surface area contributed by atoms with E-state index in [0.29, 0.717) is 4.67 Å². The minimum atomic E-state index is -0.532. The van der Waals surface area contributed by atoms with Gasteiger partial charge in [0.2, 0.25) is 5.88 Å². The van der Waals surface area contributed by atoms with Crippen molar-refractivity contribution < 1.29 is 18.7 Å². The van der Waals surface area contributed by atoms with E-state index in [-0.39, 0.29) is 19.0 Å². The van der Waals surface area contributed by atoms with E-state index in [1.165, 1.54) is 0 Å². The van der Waals surface area contributed by atoms with Crippen LogP contribution in [0.15, 0.2) is 21.2 Å². The van der Waals surface area contributed by atoms with Crippen LogP contribution in [-0.2, 0) is 9.53 Å². The van der Waals surface area contributed by atoms with Crippen LogP contribution >= 0.6 is 15.9 Å². The Bertz CT molecular complexity index is 377. The van der Waals surface area contributed by atoms with Gasteiger partial charge in [0.1, 0.15) is 6.54 Å². The molecule has 1 heterocycles. The van der Waals surface area contributed by atoms with Gasteiger partial charge < -0.3 is 14.5 Å². The van der Waals surface area contributed by atoms with Crippen LogP contribution in [-0.4, -0.2) is 25.2 Å². The molecule has 0 spiro atoms. The molecule has 2 N–H and O–H groups in total. The molecule has 0 saturated heterocycles. The molecule has 0 aliphatic rings. The second-order valence-electron chi connectivity index (χ2n) is 2.72. The number of rotatable bonds is 4. The summed E-state index contributed by atoms with van der Waals surface area (Å²) in [5.74, 6) is -0.202. The molecule has 0 atom stereocenters. The van der Waals surface area contributed by atoms with Gasteiger partial charge in [0.15, 0.2) is 4.67 Å². The van der Waals surface area contributed by atoms with Crippen LogP contribution in [0.2, 0.25) is 0 Å². The van der Waals surface area contributed by atoms with Crippen LogP contribution in [0.25, 0.3) is 0 Å². The molecule has 6 nitrogen and oxygen atoms in total. The SMILES string of the molecule is CCOC(=O)CNC(=O)Nc1ccc(Br)o1. The van der Waals surface area contributed by atoms with Crippen molar-refractivity contribution in [1.29, 1.82) is 0 Å². The molecule has 0 saturated carbocycles. The van der Waals surface area contributed by atoms with Gasteiger partial charge >= 0.3 is 12.0 Å². The number of hydrogen-bond acceptors (Lipinski definition) is 4. The topological polar surface area (TPSA) is 80.6 Å². The Morgan fingerprint density at radius 1 is 1.50 bits per heavy atom. The summed E-state index contributed by atoms with van der Waals surface area (Å²) in [6.45, 7) is 1.80. The number of amides is 2. The van der Waals surface area contributed by atoms with Crippen molar-refractivity contribution in [1.82, 2.24) is 5.32 Å². The first-order chi connectivity index (χ1) is 7.61. The smallest absolute Gasteiger partial charge is 0.325 e. The van der Waals surface area contributed by atoms with E-state index >= 15 is 0 Å². The molecule has 0 fully saturated rings. The molecule has 2 amide bonds. The lowest BCUT2D eigenvalue weighted by atomic mass is 10.6. The van der Waals surface area contributed by atoms with Crippen molar-refractivity contribution in [3.05, 3.63) is 16.8 Å². The standard InChI is InChI=1S/C9H11BrN2O4/c1-2-15-8(13)5-11-9(14)12-7-4-3-6(10)16-7/h3-4H,2,5H2,1H3,(H2,11,12,14). The molecular weight excluding hydrogens is 280 g/mol. The Morgan fingerprint density at radius 3 is 2.81 bits per heavy atom. The molecule has 0 aromatic carbocycles. The van der Waals surface area contributed by atoms with E-state index in [4.69, 9.17) is 4.42 Å². The monoisotopic (exact) mass is 290 g/mol. The van der Waals surface area contributed by atoms with Gasteiger partial charge in [-0.2, -0.15) is 0 Å². The Balaban J connectivity index is 2.28. The lowest BCUT2D eigenvalue weighted by molar-refractivity contribution is -0.141. The normalized spacial score (nSPS) is 9.62. The van der Waals surface area contributed by atoms with Gasteiger partial charge in [-0.25, -0.2) is 4.79 Å². The highest BCUT2D eigenvalue weighted by Gasteiger charge is 2.07. The molecule has 7 heteroatoms. The largest absolute Gasteiger partial charge is 0.465 e. The molecule has 0 unspecified atom stereocenters. The molecular formula is C9H11BrN2O4. The molecule has 16 heavy (non-hydrogen) atoms. The van der Waals surface area contributed by atoms with Crippen molar-refractivity contribution >= 4 is 33.8 Å². The summed E-state index contributed by atoms with van der Waals surface area (Å²) < 4.78 is 10.2. The molecule has 0 radical (unpaired) electrons. The first kappa shape index (κ1) is 12.6. The Morgan fingerprint density at radius 2 is 2.25 bits per heavy atom. The quantitative estimate of drug-likeness (QED) is 0.828. The summed E-state index contributed by atoms with van der Waals surface area (Å²) in [5, 5.41) is 4.73. The number of esters is 1. The summed E-state index contributed by atoms with van der Waals surface area (Å²) in [4.78, 5) is 22.1. The second kappa shape index (κ2) is 6.16. The molecule has 0 bridgehead atoms. The van der Waals surface area contributed by atoms with Crippen LogP contribution < -0.4 is 10.6 Å². The number of urea groups is 1. The Hall–Kier alpha value is -1.50. The predicted octanol–water partition coefficient (Wildman–Crippen LogP) is 1.73. The van der Waals surface area contributed by atoms with Crippen molar-refractivity contribution in [2.24, 2.45) is 0 Å². The van der Waals surface area contributed by atoms with Gasteiger partial charge in [0.05, 0.1) is 6.61 Å². The lowest BCUT2D eigenvalue weighted by Crippen LogP contribution is -2.33. The number of halogens is 1. The molecule has 1 rings (SSSR count). The maximum absolute atomic E-state index is 11.2. The summed E-state index contributed by atoms with van der Waals surface area (Å²) in [6.07, 6.45) is 0. The van der Waals surface area contributed by atoms with Crippen LogP contribution in [0.3, 0.4) is 0 Å². The number of ether oxygens (including phenoxy) is 1. The fourth-order valence-electron chi connectivity index (χ4n) is 0.902. The zero-order valence-corrected chi connectivity index (χ0v) is 10.2.